The Labute approximate surface area is 106 Å². The molecule has 90 valence electrons. The van der Waals surface area contributed by atoms with Gasteiger partial charge in [0, 0.05) is 29.8 Å². The molecular weight excluding hydrogens is 232 g/mol. The van der Waals surface area contributed by atoms with Crippen LogP contribution in [0.4, 0.5) is 0 Å². The van der Waals surface area contributed by atoms with E-state index >= 15 is 0 Å². The van der Waals surface area contributed by atoms with Gasteiger partial charge in [0.2, 0.25) is 5.91 Å². The lowest BCUT2D eigenvalue weighted by Crippen LogP contribution is -2.50. The number of hydrogen-bond donors (Lipinski definition) is 1. The highest BCUT2D eigenvalue weighted by Crippen LogP contribution is 2.37. The average Bonchev–Trinajstić information content (AvgIpc) is 2.74. The summed E-state index contributed by atoms with van der Waals surface area (Å²) in [6.07, 6.45) is 1.10. The third-order valence-electron chi connectivity index (χ3n) is 3.33. The van der Waals surface area contributed by atoms with Crippen LogP contribution < -0.4 is 5.32 Å². The van der Waals surface area contributed by atoms with E-state index in [0.717, 1.165) is 26.1 Å². The molecule has 1 N–H and O–H groups in total. The van der Waals surface area contributed by atoms with Crippen LogP contribution in [0.25, 0.3) is 0 Å². The van der Waals surface area contributed by atoms with Gasteiger partial charge in [0.25, 0.3) is 0 Å². The van der Waals surface area contributed by atoms with Gasteiger partial charge in [-0.1, -0.05) is 18.2 Å². The molecule has 2 heterocycles. The molecule has 17 heavy (non-hydrogen) atoms. The van der Waals surface area contributed by atoms with Crippen molar-refractivity contribution in [3.05, 3.63) is 29.8 Å². The Kier molecular flexibility index (Phi) is 3.07. The maximum Gasteiger partial charge on any atom is 0.236 e. The molecule has 2 aliphatic heterocycles. The van der Waals surface area contributed by atoms with E-state index in [1.165, 1.54) is 10.5 Å². The number of hydrogen-bond acceptors (Lipinski definition) is 3. The molecule has 2 aliphatic rings. The van der Waals surface area contributed by atoms with Crippen LogP contribution in [0.5, 0.6) is 0 Å². The van der Waals surface area contributed by atoms with E-state index < -0.39 is 0 Å². The minimum Gasteiger partial charge on any atom is -0.339 e. The smallest absolute Gasteiger partial charge is 0.236 e. The zero-order valence-electron chi connectivity index (χ0n) is 9.69. The minimum absolute atomic E-state index is 0.243. The summed E-state index contributed by atoms with van der Waals surface area (Å²) in [5.74, 6) is 0.243. The Morgan fingerprint density at radius 3 is 3.12 bits per heavy atom. The van der Waals surface area contributed by atoms with E-state index in [2.05, 4.69) is 29.6 Å². The molecule has 4 heteroatoms. The van der Waals surface area contributed by atoms with Crippen LogP contribution in [-0.2, 0) is 11.2 Å². The van der Waals surface area contributed by atoms with Gasteiger partial charge in [-0.25, -0.2) is 0 Å². The summed E-state index contributed by atoms with van der Waals surface area (Å²) >= 11 is 1.92. The summed E-state index contributed by atoms with van der Waals surface area (Å²) in [4.78, 5) is 15.1. The zero-order chi connectivity index (χ0) is 11.7. The summed E-state index contributed by atoms with van der Waals surface area (Å²) in [6, 6.07) is 8.56. The molecule has 0 radical (unpaired) electrons. The van der Waals surface area contributed by atoms with Gasteiger partial charge in [0.05, 0.1) is 6.54 Å². The van der Waals surface area contributed by atoms with Crippen LogP contribution in [0.15, 0.2) is 29.2 Å². The highest BCUT2D eigenvalue weighted by molar-refractivity contribution is 8.00. The molecule has 0 spiro atoms. The van der Waals surface area contributed by atoms with Crippen molar-refractivity contribution in [3.8, 4) is 0 Å². The molecule has 3 nitrogen and oxygen atoms in total. The summed E-state index contributed by atoms with van der Waals surface area (Å²) in [5.41, 5.74) is 1.44. The first-order valence-electron chi connectivity index (χ1n) is 6.06. The molecule has 0 bridgehead atoms. The lowest BCUT2D eigenvalue weighted by molar-refractivity contribution is -0.131. The molecule has 1 saturated heterocycles. The number of benzene rings is 1. The molecule has 1 amide bonds. The van der Waals surface area contributed by atoms with Gasteiger partial charge in [0.15, 0.2) is 0 Å². The molecule has 3 rings (SSSR count). The van der Waals surface area contributed by atoms with Gasteiger partial charge in [-0.05, 0) is 18.1 Å². The van der Waals surface area contributed by atoms with E-state index in [1.807, 2.05) is 16.7 Å². The fourth-order valence-electron chi connectivity index (χ4n) is 2.44. The van der Waals surface area contributed by atoms with Crippen molar-refractivity contribution in [2.75, 3.05) is 26.2 Å². The lowest BCUT2D eigenvalue weighted by atomic mass is 10.1. The fraction of sp³-hybridized carbons (Fsp3) is 0.462. The van der Waals surface area contributed by atoms with Crippen LogP contribution in [0.2, 0.25) is 0 Å². The SMILES string of the molecule is O=C1CNCCN1CC1Cc2ccccc2S1. The maximum atomic E-state index is 11.7. The molecule has 1 atom stereocenters. The number of thioether (sulfide) groups is 1. The summed E-state index contributed by atoms with van der Waals surface area (Å²) in [6.45, 7) is 3.17. The monoisotopic (exact) mass is 248 g/mol. The number of rotatable bonds is 2. The summed E-state index contributed by atoms with van der Waals surface area (Å²) < 4.78 is 0. The fourth-order valence-corrected chi connectivity index (χ4v) is 3.78. The molecule has 0 aromatic heterocycles. The van der Waals surface area contributed by atoms with Crippen LogP contribution >= 0.6 is 11.8 Å². The van der Waals surface area contributed by atoms with Crippen LogP contribution in [0, 0.1) is 0 Å². The number of piperazine rings is 1. The highest BCUT2D eigenvalue weighted by atomic mass is 32.2. The Bertz CT molecular complexity index is 410. The van der Waals surface area contributed by atoms with Crippen LogP contribution in [-0.4, -0.2) is 42.2 Å². The van der Waals surface area contributed by atoms with Crippen molar-refractivity contribution in [3.63, 3.8) is 0 Å². The van der Waals surface area contributed by atoms with Crippen LogP contribution in [0.3, 0.4) is 0 Å². The van der Waals surface area contributed by atoms with Crippen molar-refractivity contribution in [1.29, 1.82) is 0 Å². The predicted molar refractivity (Wildman–Crippen MR) is 69.2 cm³/mol. The molecule has 1 aromatic carbocycles. The second kappa shape index (κ2) is 4.70. The van der Waals surface area contributed by atoms with E-state index in [4.69, 9.17) is 0 Å². The standard InChI is InChI=1S/C13H16N2OS/c16-13-8-14-5-6-15(13)9-11-7-10-3-1-2-4-12(10)17-11/h1-4,11,14H,5-9H2. The third kappa shape index (κ3) is 2.33. The van der Waals surface area contributed by atoms with Gasteiger partial charge in [-0.2, -0.15) is 0 Å². The van der Waals surface area contributed by atoms with Crippen molar-refractivity contribution >= 4 is 17.7 Å². The number of carbonyl (C=O) groups is 1. The Morgan fingerprint density at radius 2 is 2.29 bits per heavy atom. The first kappa shape index (κ1) is 11.1. The molecule has 0 aliphatic carbocycles. The first-order chi connectivity index (χ1) is 8.33. The molecule has 1 fully saturated rings. The van der Waals surface area contributed by atoms with Crippen LogP contribution in [0.1, 0.15) is 5.56 Å². The second-order valence-electron chi connectivity index (χ2n) is 4.57. The summed E-state index contributed by atoms with van der Waals surface area (Å²) in [7, 11) is 0. The van der Waals surface area contributed by atoms with E-state index in [0.29, 0.717) is 11.8 Å². The third-order valence-corrected chi connectivity index (χ3v) is 4.63. The van der Waals surface area contributed by atoms with Gasteiger partial charge >= 0.3 is 0 Å². The Morgan fingerprint density at radius 1 is 1.41 bits per heavy atom. The topological polar surface area (TPSA) is 32.3 Å². The molecule has 1 unspecified atom stereocenters. The maximum absolute atomic E-state index is 11.7. The highest BCUT2D eigenvalue weighted by Gasteiger charge is 2.26. The second-order valence-corrected chi connectivity index (χ2v) is 5.91. The molecule has 1 aromatic rings. The van der Waals surface area contributed by atoms with E-state index in [9.17, 15) is 4.79 Å². The minimum atomic E-state index is 0.243. The quantitative estimate of drug-likeness (QED) is 0.851. The van der Waals surface area contributed by atoms with Gasteiger partial charge in [0.1, 0.15) is 0 Å². The largest absolute Gasteiger partial charge is 0.339 e. The van der Waals surface area contributed by atoms with E-state index in [1.54, 1.807) is 0 Å². The van der Waals surface area contributed by atoms with Gasteiger partial charge in [-0.15, -0.1) is 11.8 Å². The van der Waals surface area contributed by atoms with Gasteiger partial charge < -0.3 is 10.2 Å². The lowest BCUT2D eigenvalue weighted by Gasteiger charge is -2.29. The van der Waals surface area contributed by atoms with Crippen molar-refractivity contribution < 1.29 is 4.79 Å². The van der Waals surface area contributed by atoms with Crippen molar-refractivity contribution in [1.82, 2.24) is 10.2 Å². The first-order valence-corrected chi connectivity index (χ1v) is 6.94. The van der Waals surface area contributed by atoms with Gasteiger partial charge in [-0.3, -0.25) is 4.79 Å². The van der Waals surface area contributed by atoms with Crippen molar-refractivity contribution in [2.45, 2.75) is 16.6 Å². The number of fused-ring (bicyclic) bond motifs is 1. The number of nitrogens with one attached hydrogen (secondary N) is 1. The zero-order valence-corrected chi connectivity index (χ0v) is 10.5. The molecule has 0 saturated carbocycles. The Balaban J connectivity index is 1.63. The Hall–Kier alpha value is -1.00. The number of carbonyl (C=O) groups excluding carboxylic acids is 1. The number of amides is 1. The normalized spacial score (nSPS) is 23.9. The predicted octanol–water partition coefficient (Wildman–Crippen LogP) is 1.14. The van der Waals surface area contributed by atoms with E-state index in [-0.39, 0.29) is 5.91 Å². The summed E-state index contributed by atoms with van der Waals surface area (Å²) in [5, 5.41) is 3.65. The number of nitrogens with zero attached hydrogens (tertiary/aromatic N) is 1. The molecular formula is C13H16N2OS. The van der Waals surface area contributed by atoms with Crippen molar-refractivity contribution in [2.24, 2.45) is 0 Å². The average molecular weight is 248 g/mol.